The first kappa shape index (κ1) is 13.4. The number of hydrogen-bond acceptors (Lipinski definition) is 4. The van der Waals surface area contributed by atoms with E-state index >= 15 is 0 Å². The molecule has 5 nitrogen and oxygen atoms in total. The van der Waals surface area contributed by atoms with Crippen LogP contribution in [0.5, 0.6) is 5.75 Å². The second-order valence-corrected chi connectivity index (χ2v) is 4.79. The molecule has 0 atom stereocenters. The number of nitrogens with zero attached hydrogens (tertiary/aromatic N) is 1. The van der Waals surface area contributed by atoms with Crippen LogP contribution in [0.15, 0.2) is 34.2 Å². The van der Waals surface area contributed by atoms with Gasteiger partial charge in [0, 0.05) is 12.5 Å². The molecule has 0 fully saturated rings. The van der Waals surface area contributed by atoms with Crippen LogP contribution < -0.4 is 10.1 Å². The summed E-state index contributed by atoms with van der Waals surface area (Å²) >= 11 is 1.14. The third-order valence-corrected chi connectivity index (χ3v) is 3.23. The second-order valence-electron chi connectivity index (χ2n) is 3.76. The van der Waals surface area contributed by atoms with Crippen LogP contribution >= 0.6 is 11.8 Å². The molecule has 19 heavy (non-hydrogen) atoms. The van der Waals surface area contributed by atoms with E-state index in [-0.39, 0.29) is 11.8 Å². The highest BCUT2D eigenvalue weighted by molar-refractivity contribution is 8.18. The van der Waals surface area contributed by atoms with Crippen LogP contribution in [0, 0.1) is 0 Å². The largest absolute Gasteiger partial charge is 0.496 e. The molecule has 1 aromatic carbocycles. The van der Waals surface area contributed by atoms with E-state index in [2.05, 4.69) is 10.3 Å². The van der Waals surface area contributed by atoms with Gasteiger partial charge in [-0.15, -0.1) is 0 Å². The van der Waals surface area contributed by atoms with Gasteiger partial charge in [-0.05, 0) is 23.9 Å². The quantitative estimate of drug-likeness (QED) is 0.836. The zero-order valence-electron chi connectivity index (χ0n) is 10.5. The van der Waals surface area contributed by atoms with E-state index < -0.39 is 0 Å². The van der Waals surface area contributed by atoms with Gasteiger partial charge in [0.2, 0.25) is 5.91 Å². The Bertz CT molecular complexity index is 593. The number of carbonyl (C=O) groups excluding carboxylic acids is 2. The van der Waals surface area contributed by atoms with Crippen molar-refractivity contribution in [1.29, 1.82) is 0 Å². The number of amidine groups is 1. The predicted molar refractivity (Wildman–Crippen MR) is 74.8 cm³/mol. The van der Waals surface area contributed by atoms with Gasteiger partial charge >= 0.3 is 0 Å². The number of carbonyl (C=O) groups is 2. The zero-order valence-corrected chi connectivity index (χ0v) is 11.3. The molecule has 2 amide bonds. The molecule has 1 aromatic rings. The van der Waals surface area contributed by atoms with Crippen LogP contribution in [0.2, 0.25) is 0 Å². The van der Waals surface area contributed by atoms with Crippen LogP contribution in [0.4, 0.5) is 0 Å². The fourth-order valence-electron chi connectivity index (χ4n) is 1.54. The Hall–Kier alpha value is -2.08. The molecule has 6 heteroatoms. The number of para-hydroxylation sites is 1. The molecule has 1 aliphatic rings. The minimum atomic E-state index is -0.361. The molecular formula is C13H12N2O3S. The van der Waals surface area contributed by atoms with E-state index in [0.29, 0.717) is 15.8 Å². The van der Waals surface area contributed by atoms with E-state index in [4.69, 9.17) is 4.74 Å². The first-order valence-electron chi connectivity index (χ1n) is 5.53. The van der Waals surface area contributed by atoms with Crippen molar-refractivity contribution in [3.63, 3.8) is 0 Å². The highest BCUT2D eigenvalue weighted by Gasteiger charge is 2.22. The third kappa shape index (κ3) is 3.23. The Morgan fingerprint density at radius 3 is 2.84 bits per heavy atom. The van der Waals surface area contributed by atoms with Crippen molar-refractivity contribution in [2.75, 3.05) is 7.11 Å². The number of amides is 2. The monoisotopic (exact) mass is 276 g/mol. The van der Waals surface area contributed by atoms with Crippen molar-refractivity contribution in [1.82, 2.24) is 5.32 Å². The lowest BCUT2D eigenvalue weighted by Crippen LogP contribution is -2.23. The Balaban J connectivity index is 2.22. The molecule has 0 aliphatic carbocycles. The van der Waals surface area contributed by atoms with Crippen molar-refractivity contribution in [2.24, 2.45) is 4.99 Å². The van der Waals surface area contributed by atoms with Gasteiger partial charge in [-0.2, -0.15) is 4.99 Å². The Morgan fingerprint density at radius 1 is 1.42 bits per heavy atom. The summed E-state index contributed by atoms with van der Waals surface area (Å²) in [6, 6.07) is 7.36. The SMILES string of the molecule is COc1ccccc1C=C1SC(NC(C)=O)=NC1=O. The number of benzene rings is 1. The standard InChI is InChI=1S/C13H12N2O3S/c1-8(16)14-13-15-12(17)11(19-13)7-9-5-3-4-6-10(9)18-2/h3-7H,1-2H3,(H,14,15,16,17). The Kier molecular flexibility index (Phi) is 4.01. The van der Waals surface area contributed by atoms with Gasteiger partial charge in [0.05, 0.1) is 12.0 Å². The lowest BCUT2D eigenvalue weighted by Gasteiger charge is -2.04. The molecule has 0 saturated carbocycles. The highest BCUT2D eigenvalue weighted by Crippen LogP contribution is 2.30. The molecule has 0 radical (unpaired) electrons. The number of methoxy groups -OCH3 is 1. The number of nitrogens with one attached hydrogen (secondary N) is 1. The molecule has 0 unspecified atom stereocenters. The summed E-state index contributed by atoms with van der Waals surface area (Å²) in [7, 11) is 1.57. The van der Waals surface area contributed by atoms with E-state index in [1.54, 1.807) is 13.2 Å². The van der Waals surface area contributed by atoms with Gasteiger partial charge in [0.15, 0.2) is 5.17 Å². The molecule has 1 heterocycles. The molecule has 98 valence electrons. The van der Waals surface area contributed by atoms with Crippen molar-refractivity contribution in [3.05, 3.63) is 34.7 Å². The van der Waals surface area contributed by atoms with Crippen LogP contribution in [-0.2, 0) is 9.59 Å². The average molecular weight is 276 g/mol. The van der Waals surface area contributed by atoms with Gasteiger partial charge in [-0.3, -0.25) is 9.59 Å². The number of ether oxygens (including phenoxy) is 1. The first-order valence-corrected chi connectivity index (χ1v) is 6.35. The second kappa shape index (κ2) is 5.71. The van der Waals surface area contributed by atoms with Gasteiger partial charge in [0.25, 0.3) is 5.91 Å². The molecule has 2 rings (SSSR count). The first-order chi connectivity index (χ1) is 9.10. The van der Waals surface area contributed by atoms with Gasteiger partial charge in [-0.25, -0.2) is 0 Å². The van der Waals surface area contributed by atoms with Crippen molar-refractivity contribution in [3.8, 4) is 5.75 Å². The van der Waals surface area contributed by atoms with E-state index in [9.17, 15) is 9.59 Å². The molecule has 1 N–H and O–H groups in total. The predicted octanol–water partition coefficient (Wildman–Crippen LogP) is 1.80. The number of rotatable bonds is 2. The van der Waals surface area contributed by atoms with Crippen molar-refractivity contribution < 1.29 is 14.3 Å². The molecule has 0 saturated heterocycles. The molecule has 0 aromatic heterocycles. The smallest absolute Gasteiger partial charge is 0.286 e. The molecular weight excluding hydrogens is 264 g/mol. The van der Waals surface area contributed by atoms with Crippen molar-refractivity contribution >= 4 is 34.8 Å². The summed E-state index contributed by atoms with van der Waals surface area (Å²) < 4.78 is 5.21. The minimum absolute atomic E-state index is 0.252. The topological polar surface area (TPSA) is 67.8 Å². The van der Waals surface area contributed by atoms with E-state index in [0.717, 1.165) is 17.3 Å². The molecule has 1 aliphatic heterocycles. The summed E-state index contributed by atoms with van der Waals surface area (Å²) in [5.41, 5.74) is 0.792. The summed E-state index contributed by atoms with van der Waals surface area (Å²) in [5.74, 6) is 0.0635. The summed E-state index contributed by atoms with van der Waals surface area (Å²) in [4.78, 5) is 26.8. The number of aliphatic imine (C=N–C) groups is 1. The average Bonchev–Trinajstić information content (AvgIpc) is 2.69. The van der Waals surface area contributed by atoms with Crippen LogP contribution in [0.3, 0.4) is 0 Å². The van der Waals surface area contributed by atoms with Gasteiger partial charge < -0.3 is 10.1 Å². The maximum Gasteiger partial charge on any atom is 0.286 e. The third-order valence-electron chi connectivity index (χ3n) is 2.33. The summed E-state index contributed by atoms with van der Waals surface area (Å²) in [6.07, 6.45) is 1.70. The summed E-state index contributed by atoms with van der Waals surface area (Å²) in [5, 5.41) is 2.80. The Morgan fingerprint density at radius 2 is 2.16 bits per heavy atom. The number of hydrogen-bond donors (Lipinski definition) is 1. The minimum Gasteiger partial charge on any atom is -0.496 e. The zero-order chi connectivity index (χ0) is 13.8. The number of thioether (sulfide) groups is 1. The van der Waals surface area contributed by atoms with E-state index in [1.165, 1.54) is 6.92 Å². The normalized spacial score (nSPS) is 16.4. The van der Waals surface area contributed by atoms with Gasteiger partial charge in [-0.1, -0.05) is 18.2 Å². The Labute approximate surface area is 114 Å². The van der Waals surface area contributed by atoms with Crippen molar-refractivity contribution in [2.45, 2.75) is 6.92 Å². The summed E-state index contributed by atoms with van der Waals surface area (Å²) in [6.45, 7) is 1.37. The van der Waals surface area contributed by atoms with Crippen LogP contribution in [-0.4, -0.2) is 24.1 Å². The maximum absolute atomic E-state index is 11.7. The van der Waals surface area contributed by atoms with Crippen LogP contribution in [0.1, 0.15) is 12.5 Å². The maximum atomic E-state index is 11.7. The lowest BCUT2D eigenvalue weighted by molar-refractivity contribution is -0.117. The van der Waals surface area contributed by atoms with Gasteiger partial charge in [0.1, 0.15) is 5.75 Å². The highest BCUT2D eigenvalue weighted by atomic mass is 32.2. The van der Waals surface area contributed by atoms with Crippen LogP contribution in [0.25, 0.3) is 6.08 Å². The molecule has 0 bridgehead atoms. The fourth-order valence-corrected chi connectivity index (χ4v) is 2.39. The molecule has 0 spiro atoms. The fraction of sp³-hybridized carbons (Fsp3) is 0.154. The lowest BCUT2D eigenvalue weighted by atomic mass is 10.2. The van der Waals surface area contributed by atoms with E-state index in [1.807, 2.05) is 24.3 Å².